The van der Waals surface area contributed by atoms with Crippen molar-refractivity contribution >= 4 is 5.91 Å². The molecule has 0 spiro atoms. The van der Waals surface area contributed by atoms with Crippen molar-refractivity contribution in [1.29, 1.82) is 0 Å². The minimum Gasteiger partial charge on any atom is -0.341 e. The zero-order valence-corrected chi connectivity index (χ0v) is 8.96. The van der Waals surface area contributed by atoms with Crippen LogP contribution in [0.4, 0.5) is 0 Å². The van der Waals surface area contributed by atoms with E-state index in [0.29, 0.717) is 17.9 Å². The van der Waals surface area contributed by atoms with Crippen molar-refractivity contribution in [1.82, 2.24) is 10.2 Å². The molecule has 1 saturated carbocycles. The number of rotatable bonds is 2. The van der Waals surface area contributed by atoms with Crippen LogP contribution in [0.25, 0.3) is 0 Å². The summed E-state index contributed by atoms with van der Waals surface area (Å²) < 4.78 is 0. The molecule has 3 nitrogen and oxygen atoms in total. The first kappa shape index (κ1) is 9.97. The summed E-state index contributed by atoms with van der Waals surface area (Å²) in [5.74, 6) is 0.729. The van der Waals surface area contributed by atoms with Crippen molar-refractivity contribution in [3.8, 4) is 0 Å². The lowest BCUT2D eigenvalue weighted by atomic mass is 9.84. The van der Waals surface area contributed by atoms with Crippen molar-refractivity contribution < 1.29 is 4.79 Å². The maximum absolute atomic E-state index is 11.9. The number of amides is 1. The Labute approximate surface area is 85.8 Å². The second-order valence-corrected chi connectivity index (χ2v) is 4.58. The Morgan fingerprint density at radius 3 is 2.57 bits per heavy atom. The third-order valence-electron chi connectivity index (χ3n) is 3.62. The molecule has 14 heavy (non-hydrogen) atoms. The third kappa shape index (κ3) is 1.92. The number of hydrogen-bond donors (Lipinski definition) is 1. The molecule has 1 atom stereocenters. The number of piperidine rings is 1. The molecule has 2 aliphatic rings. The molecule has 1 saturated heterocycles. The van der Waals surface area contributed by atoms with Gasteiger partial charge in [0.05, 0.1) is 0 Å². The van der Waals surface area contributed by atoms with Gasteiger partial charge in [-0.3, -0.25) is 4.79 Å². The minimum absolute atomic E-state index is 0.349. The van der Waals surface area contributed by atoms with E-state index in [4.69, 9.17) is 0 Å². The Balaban J connectivity index is 1.85. The summed E-state index contributed by atoms with van der Waals surface area (Å²) in [6.45, 7) is 2.09. The Bertz CT molecular complexity index is 207. The van der Waals surface area contributed by atoms with Crippen LogP contribution in [0, 0.1) is 5.92 Å². The SMILES string of the molecule is CN(C(=O)C1CCC1)[C@@H]1CCCNC1. The fraction of sp³-hybridized carbons (Fsp3) is 0.909. The molecule has 3 heteroatoms. The van der Waals surface area contributed by atoms with Gasteiger partial charge in [0.15, 0.2) is 0 Å². The number of nitrogens with zero attached hydrogens (tertiary/aromatic N) is 1. The summed E-state index contributed by atoms with van der Waals surface area (Å²) in [4.78, 5) is 13.9. The van der Waals surface area contributed by atoms with Gasteiger partial charge in [0.2, 0.25) is 5.91 Å². The fourth-order valence-corrected chi connectivity index (χ4v) is 2.29. The van der Waals surface area contributed by atoms with Gasteiger partial charge in [0.25, 0.3) is 0 Å². The van der Waals surface area contributed by atoms with Gasteiger partial charge < -0.3 is 10.2 Å². The highest BCUT2D eigenvalue weighted by Crippen LogP contribution is 2.28. The zero-order chi connectivity index (χ0) is 9.97. The van der Waals surface area contributed by atoms with Gasteiger partial charge in [-0.1, -0.05) is 6.42 Å². The average molecular weight is 196 g/mol. The Morgan fingerprint density at radius 2 is 2.07 bits per heavy atom. The van der Waals surface area contributed by atoms with Crippen molar-refractivity contribution in [2.75, 3.05) is 20.1 Å². The van der Waals surface area contributed by atoms with Crippen LogP contribution in [0.2, 0.25) is 0 Å². The molecule has 80 valence electrons. The van der Waals surface area contributed by atoms with E-state index in [9.17, 15) is 4.79 Å². The van der Waals surface area contributed by atoms with Crippen LogP contribution in [0.1, 0.15) is 32.1 Å². The van der Waals surface area contributed by atoms with E-state index in [1.807, 2.05) is 11.9 Å². The standard InChI is InChI=1S/C11H20N2O/c1-13(10-6-3-7-12-8-10)11(14)9-4-2-5-9/h9-10,12H,2-8H2,1H3/t10-/m1/s1. The zero-order valence-electron chi connectivity index (χ0n) is 8.96. The third-order valence-corrected chi connectivity index (χ3v) is 3.62. The topological polar surface area (TPSA) is 32.3 Å². The average Bonchev–Trinajstić information content (AvgIpc) is 2.15. The molecule has 0 unspecified atom stereocenters. The van der Waals surface area contributed by atoms with Crippen LogP contribution in [0.15, 0.2) is 0 Å². The summed E-state index contributed by atoms with van der Waals surface area (Å²) in [6, 6.07) is 0.442. The second kappa shape index (κ2) is 4.30. The fourth-order valence-electron chi connectivity index (χ4n) is 2.29. The monoisotopic (exact) mass is 196 g/mol. The van der Waals surface area contributed by atoms with Crippen molar-refractivity contribution in [2.45, 2.75) is 38.1 Å². The molecule has 1 aliphatic heterocycles. The number of hydrogen-bond acceptors (Lipinski definition) is 2. The smallest absolute Gasteiger partial charge is 0.225 e. The van der Waals surface area contributed by atoms with E-state index in [1.54, 1.807) is 0 Å². The van der Waals surface area contributed by atoms with Crippen LogP contribution in [0.3, 0.4) is 0 Å². The van der Waals surface area contributed by atoms with Crippen molar-refractivity contribution in [3.05, 3.63) is 0 Å². The van der Waals surface area contributed by atoms with Gasteiger partial charge in [-0.05, 0) is 32.2 Å². The lowest BCUT2D eigenvalue weighted by Crippen LogP contribution is -2.49. The normalized spacial score (nSPS) is 28.2. The van der Waals surface area contributed by atoms with E-state index in [0.717, 1.165) is 25.9 Å². The highest BCUT2D eigenvalue weighted by molar-refractivity contribution is 5.79. The molecule has 0 aromatic carbocycles. The lowest BCUT2D eigenvalue weighted by Gasteiger charge is -2.36. The Morgan fingerprint density at radius 1 is 1.29 bits per heavy atom. The number of nitrogens with one attached hydrogen (secondary N) is 1. The highest BCUT2D eigenvalue weighted by atomic mass is 16.2. The molecule has 0 aromatic heterocycles. The molecule has 2 fully saturated rings. The molecular formula is C11H20N2O. The van der Waals surface area contributed by atoms with E-state index in [2.05, 4.69) is 5.32 Å². The van der Waals surface area contributed by atoms with E-state index < -0.39 is 0 Å². The largest absolute Gasteiger partial charge is 0.341 e. The first-order valence-electron chi connectivity index (χ1n) is 5.76. The maximum atomic E-state index is 11.9. The predicted octanol–water partition coefficient (Wildman–Crippen LogP) is 0.997. The number of carbonyl (C=O) groups excluding carboxylic acids is 1. The molecule has 1 aliphatic carbocycles. The molecule has 1 amide bonds. The molecule has 1 heterocycles. The van der Waals surface area contributed by atoms with Gasteiger partial charge in [-0.2, -0.15) is 0 Å². The summed E-state index contributed by atoms with van der Waals surface area (Å²) >= 11 is 0. The lowest BCUT2D eigenvalue weighted by molar-refractivity contribution is -0.139. The van der Waals surface area contributed by atoms with E-state index >= 15 is 0 Å². The number of likely N-dealkylation sites (N-methyl/N-ethyl adjacent to an activating group) is 1. The minimum atomic E-state index is 0.349. The van der Waals surface area contributed by atoms with Crippen LogP contribution in [0.5, 0.6) is 0 Å². The summed E-state index contributed by atoms with van der Waals surface area (Å²) in [5.41, 5.74) is 0. The van der Waals surface area contributed by atoms with Gasteiger partial charge >= 0.3 is 0 Å². The summed E-state index contributed by atoms with van der Waals surface area (Å²) in [7, 11) is 1.97. The Hall–Kier alpha value is -0.570. The van der Waals surface area contributed by atoms with Gasteiger partial charge in [-0.15, -0.1) is 0 Å². The van der Waals surface area contributed by atoms with Crippen LogP contribution in [-0.4, -0.2) is 37.0 Å². The molecule has 0 aromatic rings. The van der Waals surface area contributed by atoms with Crippen LogP contribution in [-0.2, 0) is 4.79 Å². The molecule has 1 N–H and O–H groups in total. The first-order valence-corrected chi connectivity index (χ1v) is 5.76. The maximum Gasteiger partial charge on any atom is 0.225 e. The van der Waals surface area contributed by atoms with Crippen molar-refractivity contribution in [2.24, 2.45) is 5.92 Å². The van der Waals surface area contributed by atoms with Gasteiger partial charge in [0.1, 0.15) is 0 Å². The number of carbonyl (C=O) groups is 1. The predicted molar refractivity (Wildman–Crippen MR) is 56.0 cm³/mol. The summed E-state index contributed by atoms with van der Waals surface area (Å²) in [5, 5.41) is 3.35. The first-order chi connectivity index (χ1) is 6.79. The Kier molecular flexibility index (Phi) is 3.06. The molecule has 2 rings (SSSR count). The van der Waals surface area contributed by atoms with Gasteiger partial charge in [0, 0.05) is 25.6 Å². The van der Waals surface area contributed by atoms with Crippen LogP contribution < -0.4 is 5.32 Å². The van der Waals surface area contributed by atoms with E-state index in [-0.39, 0.29) is 0 Å². The second-order valence-electron chi connectivity index (χ2n) is 4.58. The van der Waals surface area contributed by atoms with E-state index in [1.165, 1.54) is 19.3 Å². The quantitative estimate of drug-likeness (QED) is 0.714. The molecule has 0 radical (unpaired) electrons. The highest BCUT2D eigenvalue weighted by Gasteiger charge is 2.31. The van der Waals surface area contributed by atoms with Gasteiger partial charge in [-0.25, -0.2) is 0 Å². The summed E-state index contributed by atoms with van der Waals surface area (Å²) in [6.07, 6.45) is 5.84. The molecule has 0 bridgehead atoms. The molecular weight excluding hydrogens is 176 g/mol. The van der Waals surface area contributed by atoms with Crippen molar-refractivity contribution in [3.63, 3.8) is 0 Å². The van der Waals surface area contributed by atoms with Crippen LogP contribution >= 0.6 is 0 Å².